The fraction of sp³-hybridized carbons (Fsp3) is 0.939. The number of carbonyl (C=O) groups is 2. The van der Waals surface area contributed by atoms with Crippen LogP contribution in [0.1, 0.15) is 105 Å². The molecule has 4 saturated carbocycles. The van der Waals surface area contributed by atoms with Crippen LogP contribution in [-0.4, -0.2) is 62.9 Å². The topological polar surface area (TPSA) is 65.1 Å². The van der Waals surface area contributed by atoms with E-state index in [-0.39, 0.29) is 18.3 Å². The van der Waals surface area contributed by atoms with Crippen molar-refractivity contribution in [1.29, 1.82) is 0 Å². The zero-order chi connectivity index (χ0) is 28.4. The fourth-order valence-electron chi connectivity index (χ4n) is 10.1. The second-order valence-electron chi connectivity index (χ2n) is 14.0. The number of esters is 1. The average Bonchev–Trinajstić information content (AvgIpc) is 3.28. The molecule has 4 rings (SSSR count). The molecule has 6 heteroatoms. The van der Waals surface area contributed by atoms with E-state index < -0.39 is 0 Å². The number of rotatable bonds is 11. The molecule has 0 aliphatic heterocycles. The van der Waals surface area contributed by atoms with E-state index in [0.29, 0.717) is 59.7 Å². The summed E-state index contributed by atoms with van der Waals surface area (Å²) in [6, 6.07) is 0. The number of ether oxygens (including phenoxy) is 3. The van der Waals surface area contributed by atoms with Crippen LogP contribution in [-0.2, 0) is 23.8 Å². The SMILES string of the molecule is CCOC1CCC2(C)C(C1)CC(OCC)C1C2CCC2(C)C(C(C)CCC(=O)N(C)CCC(=O)OC)CCC12. The molecule has 6 nitrogen and oxygen atoms in total. The van der Waals surface area contributed by atoms with Gasteiger partial charge in [0, 0.05) is 33.2 Å². The summed E-state index contributed by atoms with van der Waals surface area (Å²) in [5.74, 6) is 3.92. The maximum Gasteiger partial charge on any atom is 0.307 e. The molecule has 4 aliphatic carbocycles. The van der Waals surface area contributed by atoms with Gasteiger partial charge in [0.15, 0.2) is 0 Å². The van der Waals surface area contributed by atoms with Gasteiger partial charge in [0.05, 0.1) is 25.7 Å². The van der Waals surface area contributed by atoms with Crippen LogP contribution >= 0.6 is 0 Å². The molecule has 0 aromatic rings. The van der Waals surface area contributed by atoms with Crippen LogP contribution in [0, 0.1) is 46.3 Å². The normalized spacial score (nSPS) is 40.2. The van der Waals surface area contributed by atoms with Gasteiger partial charge in [-0.15, -0.1) is 0 Å². The van der Waals surface area contributed by atoms with Gasteiger partial charge in [-0.1, -0.05) is 20.8 Å². The van der Waals surface area contributed by atoms with Gasteiger partial charge in [-0.05, 0) is 118 Å². The predicted molar refractivity (Wildman–Crippen MR) is 154 cm³/mol. The molecule has 4 fully saturated rings. The Morgan fingerprint density at radius 3 is 2.31 bits per heavy atom. The third kappa shape index (κ3) is 6.08. The van der Waals surface area contributed by atoms with Crippen LogP contribution in [0.25, 0.3) is 0 Å². The molecule has 10 atom stereocenters. The fourth-order valence-corrected chi connectivity index (χ4v) is 10.1. The highest BCUT2D eigenvalue weighted by atomic mass is 16.5. The summed E-state index contributed by atoms with van der Waals surface area (Å²) in [5.41, 5.74) is 0.750. The summed E-state index contributed by atoms with van der Waals surface area (Å²) in [6.07, 6.45) is 12.7. The Morgan fingerprint density at radius 2 is 1.62 bits per heavy atom. The molecular formula is C33H57NO5. The van der Waals surface area contributed by atoms with Crippen molar-refractivity contribution in [3.05, 3.63) is 0 Å². The summed E-state index contributed by atoms with van der Waals surface area (Å²) < 4.78 is 17.5. The second-order valence-corrected chi connectivity index (χ2v) is 14.0. The van der Waals surface area contributed by atoms with Gasteiger partial charge in [-0.2, -0.15) is 0 Å². The highest BCUT2D eigenvalue weighted by Gasteiger charge is 2.63. The highest BCUT2D eigenvalue weighted by Crippen LogP contribution is 2.68. The van der Waals surface area contributed by atoms with E-state index in [4.69, 9.17) is 14.2 Å². The lowest BCUT2D eigenvalue weighted by Crippen LogP contribution is -2.59. The van der Waals surface area contributed by atoms with E-state index in [9.17, 15) is 9.59 Å². The van der Waals surface area contributed by atoms with Crippen LogP contribution in [0.3, 0.4) is 0 Å². The molecule has 1 amide bonds. The maximum atomic E-state index is 12.8. The summed E-state index contributed by atoms with van der Waals surface area (Å²) in [4.78, 5) is 26.0. The molecule has 0 aromatic carbocycles. The minimum Gasteiger partial charge on any atom is -0.469 e. The first-order chi connectivity index (χ1) is 18.6. The lowest BCUT2D eigenvalue weighted by Gasteiger charge is -2.63. The first-order valence-corrected chi connectivity index (χ1v) is 16.1. The van der Waals surface area contributed by atoms with Gasteiger partial charge in [0.25, 0.3) is 0 Å². The zero-order valence-electron chi connectivity index (χ0n) is 26.0. The molecule has 0 spiro atoms. The van der Waals surface area contributed by atoms with E-state index in [1.165, 1.54) is 58.5 Å². The minimum atomic E-state index is -0.265. The predicted octanol–water partition coefficient (Wildman–Crippen LogP) is 6.50. The first-order valence-electron chi connectivity index (χ1n) is 16.1. The molecule has 0 N–H and O–H groups in total. The molecule has 39 heavy (non-hydrogen) atoms. The molecule has 0 heterocycles. The standard InChI is InChI=1S/C33H57NO5/c1-8-38-24-14-17-32(4)23(20-24)21-28(39-9-2)31-26-12-11-25(33(26,5)18-15-27(31)32)22(3)10-13-29(35)34(6)19-16-30(36)37-7/h22-28,31H,8-21H2,1-7H3. The number of fused-ring (bicyclic) bond motifs is 5. The zero-order valence-corrected chi connectivity index (χ0v) is 26.0. The van der Waals surface area contributed by atoms with Gasteiger partial charge in [0.1, 0.15) is 0 Å². The number of hydrogen-bond donors (Lipinski definition) is 0. The number of carbonyl (C=O) groups excluding carboxylic acids is 2. The molecule has 0 saturated heterocycles. The Balaban J connectivity index is 1.43. The summed E-state index contributed by atoms with van der Waals surface area (Å²) in [7, 11) is 3.20. The first kappa shape index (κ1) is 30.8. The van der Waals surface area contributed by atoms with Crippen molar-refractivity contribution in [2.75, 3.05) is 33.9 Å². The Bertz CT molecular complexity index is 848. The third-order valence-electron chi connectivity index (χ3n) is 12.3. The molecule has 4 aliphatic rings. The third-order valence-corrected chi connectivity index (χ3v) is 12.3. The van der Waals surface area contributed by atoms with Gasteiger partial charge in [0.2, 0.25) is 5.91 Å². The Kier molecular flexibility index (Phi) is 10.1. The monoisotopic (exact) mass is 547 g/mol. The Morgan fingerprint density at radius 1 is 0.923 bits per heavy atom. The van der Waals surface area contributed by atoms with Gasteiger partial charge < -0.3 is 19.1 Å². The molecule has 0 bridgehead atoms. The summed E-state index contributed by atoms with van der Waals surface area (Å²) in [5, 5.41) is 0. The maximum absolute atomic E-state index is 12.8. The van der Waals surface area contributed by atoms with Crippen LogP contribution in [0.15, 0.2) is 0 Å². The molecule has 224 valence electrons. The summed E-state index contributed by atoms with van der Waals surface area (Å²) >= 11 is 0. The highest BCUT2D eigenvalue weighted by molar-refractivity contribution is 5.77. The van der Waals surface area contributed by atoms with Crippen LogP contribution in [0.2, 0.25) is 0 Å². The molecule has 10 unspecified atom stereocenters. The van der Waals surface area contributed by atoms with Crippen LogP contribution < -0.4 is 0 Å². The average molecular weight is 548 g/mol. The Labute approximate surface area is 238 Å². The van der Waals surface area contributed by atoms with E-state index in [1.54, 1.807) is 11.9 Å². The van der Waals surface area contributed by atoms with Crippen molar-refractivity contribution in [3.8, 4) is 0 Å². The van der Waals surface area contributed by atoms with Crippen molar-refractivity contribution in [3.63, 3.8) is 0 Å². The largest absolute Gasteiger partial charge is 0.469 e. The molecule has 0 aromatic heterocycles. The van der Waals surface area contributed by atoms with Gasteiger partial charge in [-0.25, -0.2) is 0 Å². The second kappa shape index (κ2) is 12.8. The van der Waals surface area contributed by atoms with Gasteiger partial charge >= 0.3 is 5.97 Å². The van der Waals surface area contributed by atoms with Gasteiger partial charge in [-0.3, -0.25) is 9.59 Å². The number of nitrogens with zero attached hydrogens (tertiary/aromatic N) is 1. The number of methoxy groups -OCH3 is 1. The van der Waals surface area contributed by atoms with Crippen molar-refractivity contribution < 1.29 is 23.8 Å². The quantitative estimate of drug-likeness (QED) is 0.276. The smallest absolute Gasteiger partial charge is 0.307 e. The molecule has 0 radical (unpaired) electrons. The lowest BCUT2D eigenvalue weighted by molar-refractivity contribution is -0.190. The van der Waals surface area contributed by atoms with Crippen LogP contribution in [0.4, 0.5) is 0 Å². The minimum absolute atomic E-state index is 0.138. The van der Waals surface area contributed by atoms with Crippen molar-refractivity contribution in [1.82, 2.24) is 4.90 Å². The van der Waals surface area contributed by atoms with Crippen molar-refractivity contribution >= 4 is 11.9 Å². The molecular weight excluding hydrogens is 490 g/mol. The van der Waals surface area contributed by atoms with E-state index in [1.807, 2.05) is 0 Å². The van der Waals surface area contributed by atoms with Crippen molar-refractivity contribution in [2.24, 2.45) is 46.3 Å². The van der Waals surface area contributed by atoms with E-state index in [0.717, 1.165) is 31.5 Å². The van der Waals surface area contributed by atoms with Crippen LogP contribution in [0.5, 0.6) is 0 Å². The Hall–Kier alpha value is -1.14. The number of amides is 1. The van der Waals surface area contributed by atoms with E-state index in [2.05, 4.69) is 34.6 Å². The lowest BCUT2D eigenvalue weighted by atomic mass is 9.43. The van der Waals surface area contributed by atoms with E-state index >= 15 is 0 Å². The summed E-state index contributed by atoms with van der Waals surface area (Å²) in [6.45, 7) is 14.0. The number of hydrogen-bond acceptors (Lipinski definition) is 5. The van der Waals surface area contributed by atoms with Crippen molar-refractivity contribution in [2.45, 2.75) is 117 Å².